The van der Waals surface area contributed by atoms with Crippen LogP contribution in [0.4, 0.5) is 17.1 Å². The third kappa shape index (κ3) is 5.88. The second-order valence-corrected chi connectivity index (χ2v) is 15.6. The summed E-state index contributed by atoms with van der Waals surface area (Å²) in [7, 11) is 0. The molecular weight excluding hydrogens is 743 g/mol. The summed E-state index contributed by atoms with van der Waals surface area (Å²) >= 11 is 0. The molecule has 0 aliphatic heterocycles. The van der Waals surface area contributed by atoms with E-state index in [1.54, 1.807) is 0 Å². The first-order valence-electron chi connectivity index (χ1n) is 20.7. The summed E-state index contributed by atoms with van der Waals surface area (Å²) in [5.74, 6) is 0.594. The van der Waals surface area contributed by atoms with Crippen LogP contribution in [0.1, 0.15) is 0 Å². The van der Waals surface area contributed by atoms with E-state index < -0.39 is 0 Å². The van der Waals surface area contributed by atoms with Crippen LogP contribution in [-0.2, 0) is 0 Å². The number of nitrogens with zero attached hydrogens (tertiary/aromatic N) is 3. The Morgan fingerprint density at radius 1 is 0.410 bits per heavy atom. The summed E-state index contributed by atoms with van der Waals surface area (Å²) in [6.45, 7) is 0. The Kier molecular flexibility index (Phi) is 8.13. The molecule has 0 amide bonds. The highest BCUT2D eigenvalue weighted by Crippen LogP contribution is 2.44. The molecule has 0 bridgehead atoms. The molecule has 2 aromatic heterocycles. The van der Waals surface area contributed by atoms with Gasteiger partial charge in [0, 0.05) is 38.8 Å². The molecule has 10 aromatic carbocycles. The van der Waals surface area contributed by atoms with Crippen LogP contribution < -0.4 is 4.90 Å². The van der Waals surface area contributed by atoms with E-state index in [0.717, 1.165) is 72.3 Å². The summed E-state index contributed by atoms with van der Waals surface area (Å²) in [6, 6.07) is 80.0. The van der Waals surface area contributed by atoms with Crippen molar-refractivity contribution in [3.05, 3.63) is 224 Å². The fourth-order valence-electron chi connectivity index (χ4n) is 9.16. The van der Waals surface area contributed by atoms with Crippen molar-refractivity contribution in [1.29, 1.82) is 0 Å². The highest BCUT2D eigenvalue weighted by Gasteiger charge is 2.22. The summed E-state index contributed by atoms with van der Waals surface area (Å²) in [6.07, 6.45) is 0. The summed E-state index contributed by atoms with van der Waals surface area (Å²) in [5.41, 5.74) is 13.5. The van der Waals surface area contributed by atoms with Gasteiger partial charge in [0.1, 0.15) is 5.52 Å². The number of aromatic nitrogens is 2. The summed E-state index contributed by atoms with van der Waals surface area (Å²) in [5, 5.41) is 7.21. The molecule has 4 heteroatoms. The van der Waals surface area contributed by atoms with Crippen LogP contribution in [0, 0.1) is 0 Å². The number of fused-ring (bicyclic) bond motifs is 7. The molecule has 12 rings (SSSR count). The van der Waals surface area contributed by atoms with Crippen molar-refractivity contribution >= 4 is 71.5 Å². The van der Waals surface area contributed by atoms with Crippen LogP contribution in [0.25, 0.3) is 93.8 Å². The first kappa shape index (κ1) is 34.8. The first-order chi connectivity index (χ1) is 30.2. The van der Waals surface area contributed by atoms with Gasteiger partial charge in [0.25, 0.3) is 0 Å². The quantitative estimate of drug-likeness (QED) is 0.162. The van der Waals surface area contributed by atoms with Crippen molar-refractivity contribution in [3.63, 3.8) is 0 Å². The van der Waals surface area contributed by atoms with E-state index in [0.29, 0.717) is 5.89 Å². The second kappa shape index (κ2) is 14.3. The molecule has 0 saturated heterocycles. The largest absolute Gasteiger partial charge is 0.434 e. The molecule has 4 nitrogen and oxygen atoms in total. The fourth-order valence-corrected chi connectivity index (χ4v) is 9.16. The van der Waals surface area contributed by atoms with E-state index in [4.69, 9.17) is 9.40 Å². The highest BCUT2D eigenvalue weighted by atomic mass is 16.3. The number of benzene rings is 10. The van der Waals surface area contributed by atoms with Gasteiger partial charge in [-0.2, -0.15) is 0 Å². The van der Waals surface area contributed by atoms with Crippen LogP contribution in [0.15, 0.2) is 229 Å². The zero-order chi connectivity index (χ0) is 40.3. The van der Waals surface area contributed by atoms with Gasteiger partial charge < -0.3 is 13.9 Å². The van der Waals surface area contributed by atoms with Crippen molar-refractivity contribution in [2.45, 2.75) is 0 Å². The van der Waals surface area contributed by atoms with Crippen LogP contribution in [0.5, 0.6) is 0 Å². The molecule has 0 saturated carbocycles. The van der Waals surface area contributed by atoms with Gasteiger partial charge in [-0.15, -0.1) is 0 Å². The number of oxazole rings is 1. The lowest BCUT2D eigenvalue weighted by molar-refractivity contribution is 0.620. The molecule has 0 unspecified atom stereocenters. The van der Waals surface area contributed by atoms with Crippen LogP contribution in [0.2, 0.25) is 0 Å². The Bertz CT molecular complexity index is 3600. The second-order valence-electron chi connectivity index (χ2n) is 15.6. The predicted molar refractivity (Wildman–Crippen MR) is 254 cm³/mol. The van der Waals surface area contributed by atoms with E-state index in [2.05, 4.69) is 198 Å². The molecule has 0 spiro atoms. The zero-order valence-electron chi connectivity index (χ0n) is 33.1. The van der Waals surface area contributed by atoms with Crippen LogP contribution >= 0.6 is 0 Å². The van der Waals surface area contributed by atoms with Crippen molar-refractivity contribution < 1.29 is 4.42 Å². The van der Waals surface area contributed by atoms with Gasteiger partial charge in [0.15, 0.2) is 5.58 Å². The molecule has 286 valence electrons. The maximum absolute atomic E-state index is 6.72. The van der Waals surface area contributed by atoms with E-state index in [-0.39, 0.29) is 0 Å². The Morgan fingerprint density at radius 2 is 1.07 bits per heavy atom. The smallest absolute Gasteiger partial charge is 0.227 e. The molecular formula is C57H37N3O. The lowest BCUT2D eigenvalue weighted by atomic mass is 9.98. The van der Waals surface area contributed by atoms with Gasteiger partial charge in [0.2, 0.25) is 5.89 Å². The van der Waals surface area contributed by atoms with E-state index in [1.807, 2.05) is 36.4 Å². The molecule has 0 N–H and O–H groups in total. The van der Waals surface area contributed by atoms with Gasteiger partial charge >= 0.3 is 0 Å². The van der Waals surface area contributed by atoms with Crippen molar-refractivity contribution in [2.75, 3.05) is 4.90 Å². The van der Waals surface area contributed by atoms with Gasteiger partial charge in [-0.1, -0.05) is 158 Å². The normalized spacial score (nSPS) is 11.6. The van der Waals surface area contributed by atoms with E-state index in [1.165, 1.54) is 32.7 Å². The van der Waals surface area contributed by atoms with E-state index in [9.17, 15) is 0 Å². The SMILES string of the molecule is c1ccc(-c2cccc(N(c3ccc4ccc5c6ccccc6n(-c6cccc(-c7cccc8ccccc78)c6)c5c4c3)c3cccc4nc(-c5ccccc5)oc34)c2)cc1. The Hall–Kier alpha value is -8.21. The highest BCUT2D eigenvalue weighted by molar-refractivity contribution is 6.19. The van der Waals surface area contributed by atoms with Gasteiger partial charge in [0.05, 0.1) is 16.7 Å². The van der Waals surface area contributed by atoms with Gasteiger partial charge in [-0.3, -0.25) is 0 Å². The minimum Gasteiger partial charge on any atom is -0.434 e. The van der Waals surface area contributed by atoms with Crippen molar-refractivity contribution in [3.8, 4) is 39.4 Å². The van der Waals surface area contributed by atoms with Gasteiger partial charge in [-0.05, 0) is 105 Å². The molecule has 0 radical (unpaired) electrons. The standard InChI is InChI=1S/C57H37N3O/c1-3-15-38(16-4-1)42-21-11-23-44(35-42)59(54-30-14-28-52-56(54)61-57(58-52)41-18-5-2-6-19-41)46-33-31-40-32-34-50-49-26-9-10-29-53(49)60(55(50)51(40)37-46)45-24-12-22-43(36-45)48-27-13-20-39-17-7-8-25-47(39)48/h1-37H. The van der Waals surface area contributed by atoms with Crippen molar-refractivity contribution in [2.24, 2.45) is 0 Å². The lowest BCUT2D eigenvalue weighted by Gasteiger charge is -2.26. The minimum absolute atomic E-state index is 0.594. The third-order valence-electron chi connectivity index (χ3n) is 12.0. The number of hydrogen-bond acceptors (Lipinski definition) is 3. The van der Waals surface area contributed by atoms with Crippen LogP contribution in [-0.4, -0.2) is 9.55 Å². The average molecular weight is 780 g/mol. The number of para-hydroxylation sites is 2. The molecule has 0 fully saturated rings. The predicted octanol–water partition coefficient (Wildman–Crippen LogP) is 15.7. The monoisotopic (exact) mass is 779 g/mol. The Morgan fingerprint density at radius 3 is 1.95 bits per heavy atom. The maximum Gasteiger partial charge on any atom is 0.227 e. The molecule has 0 aliphatic carbocycles. The van der Waals surface area contributed by atoms with Gasteiger partial charge in [-0.25, -0.2) is 4.98 Å². The van der Waals surface area contributed by atoms with E-state index >= 15 is 0 Å². The molecule has 12 aromatic rings. The zero-order valence-corrected chi connectivity index (χ0v) is 33.1. The fraction of sp³-hybridized carbons (Fsp3) is 0. The molecule has 61 heavy (non-hydrogen) atoms. The minimum atomic E-state index is 0.594. The third-order valence-corrected chi connectivity index (χ3v) is 12.0. The van der Waals surface area contributed by atoms with Crippen LogP contribution in [0.3, 0.4) is 0 Å². The lowest BCUT2D eigenvalue weighted by Crippen LogP contribution is -2.10. The summed E-state index contributed by atoms with van der Waals surface area (Å²) in [4.78, 5) is 7.31. The topological polar surface area (TPSA) is 34.2 Å². The molecule has 0 aliphatic rings. The maximum atomic E-state index is 6.72. The average Bonchev–Trinajstić information content (AvgIpc) is 3.93. The Labute approximate surface area is 352 Å². The number of rotatable bonds is 7. The number of hydrogen-bond donors (Lipinski definition) is 0. The number of anilines is 3. The Balaban J connectivity index is 1.11. The molecule has 0 atom stereocenters. The first-order valence-corrected chi connectivity index (χ1v) is 20.7. The summed E-state index contributed by atoms with van der Waals surface area (Å²) < 4.78 is 9.17. The van der Waals surface area contributed by atoms with Crippen molar-refractivity contribution in [1.82, 2.24) is 9.55 Å². The molecule has 2 heterocycles.